The minimum Gasteiger partial charge on any atom is -0.357 e. The Morgan fingerprint density at radius 1 is 1.04 bits per heavy atom. The smallest absolute Gasteiger partial charge is 0.157 e. The largest absolute Gasteiger partial charge is 0.357 e. The van der Waals surface area contributed by atoms with Gasteiger partial charge in [0.1, 0.15) is 17.7 Å². The van der Waals surface area contributed by atoms with Crippen LogP contribution >= 0.6 is 0 Å². The Kier molecular flexibility index (Phi) is 3.09. The van der Waals surface area contributed by atoms with Gasteiger partial charge in [0.15, 0.2) is 11.5 Å². The maximum atomic E-state index is 4.52. The lowest BCUT2D eigenvalue weighted by molar-refractivity contribution is 0.634. The summed E-state index contributed by atoms with van der Waals surface area (Å²) in [7, 11) is 0. The van der Waals surface area contributed by atoms with Gasteiger partial charge in [0.25, 0.3) is 0 Å². The van der Waals surface area contributed by atoms with Crippen molar-refractivity contribution in [3.63, 3.8) is 0 Å². The van der Waals surface area contributed by atoms with Crippen LogP contribution in [0.1, 0.15) is 5.69 Å². The van der Waals surface area contributed by atoms with E-state index < -0.39 is 0 Å². The molecule has 1 fully saturated rings. The fourth-order valence-corrected chi connectivity index (χ4v) is 3.49. The van der Waals surface area contributed by atoms with Crippen LogP contribution in [-0.2, 0) is 0 Å². The Morgan fingerprint density at radius 2 is 1.88 bits per heavy atom. The van der Waals surface area contributed by atoms with Crippen molar-refractivity contribution in [1.29, 1.82) is 0 Å². The second kappa shape index (κ2) is 5.44. The van der Waals surface area contributed by atoms with Crippen molar-refractivity contribution in [3.05, 3.63) is 42.6 Å². The summed E-state index contributed by atoms with van der Waals surface area (Å²) in [6, 6.07) is 6.02. The number of aryl methyl sites for hydroxylation is 1. The van der Waals surface area contributed by atoms with E-state index in [-0.39, 0.29) is 0 Å². The lowest BCUT2D eigenvalue weighted by Gasteiger charge is -2.36. The third-order valence-corrected chi connectivity index (χ3v) is 4.70. The van der Waals surface area contributed by atoms with Crippen molar-refractivity contribution >= 4 is 28.3 Å². The zero-order valence-corrected chi connectivity index (χ0v) is 13.9. The van der Waals surface area contributed by atoms with Gasteiger partial charge in [-0.05, 0) is 13.0 Å². The summed E-state index contributed by atoms with van der Waals surface area (Å²) in [6.45, 7) is 5.63. The molecule has 4 aromatic rings. The number of nitrogens with one attached hydrogen (secondary N) is 1. The minimum absolute atomic E-state index is 0.890. The van der Waals surface area contributed by atoms with Gasteiger partial charge < -0.3 is 14.8 Å². The van der Waals surface area contributed by atoms with Crippen LogP contribution in [0.3, 0.4) is 0 Å². The van der Waals surface area contributed by atoms with Gasteiger partial charge in [-0.25, -0.2) is 15.0 Å². The predicted octanol–water partition coefficient (Wildman–Crippen LogP) is 1.64. The molecule has 8 heteroatoms. The summed E-state index contributed by atoms with van der Waals surface area (Å²) < 4.78 is 1.91. The van der Waals surface area contributed by atoms with E-state index in [4.69, 9.17) is 0 Å². The van der Waals surface area contributed by atoms with Gasteiger partial charge >= 0.3 is 0 Å². The summed E-state index contributed by atoms with van der Waals surface area (Å²) in [5.74, 6) is 2.07. The molecule has 0 spiro atoms. The quantitative estimate of drug-likeness (QED) is 0.600. The van der Waals surface area contributed by atoms with Crippen molar-refractivity contribution in [2.24, 2.45) is 0 Å². The number of aromatic amines is 1. The summed E-state index contributed by atoms with van der Waals surface area (Å²) >= 11 is 0. The molecule has 5 rings (SSSR count). The Labute approximate surface area is 144 Å². The maximum Gasteiger partial charge on any atom is 0.157 e. The van der Waals surface area contributed by atoms with E-state index in [2.05, 4.69) is 40.9 Å². The Balaban J connectivity index is 1.43. The maximum absolute atomic E-state index is 4.52. The summed E-state index contributed by atoms with van der Waals surface area (Å²) in [5, 5.41) is 4.42. The average molecular weight is 334 g/mol. The molecular formula is C17H18N8. The van der Waals surface area contributed by atoms with Gasteiger partial charge in [-0.3, -0.25) is 0 Å². The highest BCUT2D eigenvalue weighted by Crippen LogP contribution is 2.24. The van der Waals surface area contributed by atoms with Crippen LogP contribution in [0.2, 0.25) is 0 Å². The van der Waals surface area contributed by atoms with E-state index in [9.17, 15) is 0 Å². The number of H-pyrrole nitrogens is 1. The highest BCUT2D eigenvalue weighted by atomic mass is 15.4. The van der Waals surface area contributed by atoms with E-state index in [1.807, 2.05) is 29.8 Å². The second-order valence-corrected chi connectivity index (χ2v) is 6.27. The third-order valence-electron chi connectivity index (χ3n) is 4.70. The number of aromatic nitrogens is 6. The number of piperazine rings is 1. The molecule has 126 valence electrons. The van der Waals surface area contributed by atoms with Crippen LogP contribution < -0.4 is 9.80 Å². The molecular weight excluding hydrogens is 316 g/mol. The number of nitrogens with zero attached hydrogens (tertiary/aromatic N) is 7. The second-order valence-electron chi connectivity index (χ2n) is 6.27. The van der Waals surface area contributed by atoms with E-state index in [0.29, 0.717) is 0 Å². The zero-order valence-electron chi connectivity index (χ0n) is 13.9. The van der Waals surface area contributed by atoms with Crippen molar-refractivity contribution in [1.82, 2.24) is 29.5 Å². The molecule has 1 N–H and O–H groups in total. The molecule has 8 nitrogen and oxygen atoms in total. The van der Waals surface area contributed by atoms with Crippen LogP contribution in [0.5, 0.6) is 0 Å². The fraction of sp³-hybridized carbons (Fsp3) is 0.294. The van der Waals surface area contributed by atoms with Gasteiger partial charge in [-0.2, -0.15) is 9.61 Å². The molecule has 0 radical (unpaired) electrons. The van der Waals surface area contributed by atoms with Crippen molar-refractivity contribution in [2.45, 2.75) is 6.92 Å². The van der Waals surface area contributed by atoms with Crippen LogP contribution in [0.25, 0.3) is 16.7 Å². The molecule has 1 aliphatic heterocycles. The Morgan fingerprint density at radius 3 is 2.76 bits per heavy atom. The monoisotopic (exact) mass is 334 g/mol. The Bertz CT molecular complexity index is 1040. The van der Waals surface area contributed by atoms with Crippen molar-refractivity contribution in [2.75, 3.05) is 36.0 Å². The normalized spacial score (nSPS) is 15.4. The highest BCUT2D eigenvalue weighted by Gasteiger charge is 2.22. The van der Waals surface area contributed by atoms with Gasteiger partial charge in [-0.15, -0.1) is 0 Å². The Hall–Kier alpha value is -3.16. The number of hydrogen-bond acceptors (Lipinski definition) is 6. The number of rotatable bonds is 2. The van der Waals surface area contributed by atoms with Gasteiger partial charge in [-0.1, -0.05) is 0 Å². The third kappa shape index (κ3) is 2.29. The number of anilines is 2. The SMILES string of the molecule is Cc1cc(N2CCN(c3ncnc4cc[nH]c34)CC2)n2nccc2n1. The van der Waals surface area contributed by atoms with Gasteiger partial charge in [0.2, 0.25) is 0 Å². The lowest BCUT2D eigenvalue weighted by Crippen LogP contribution is -2.47. The van der Waals surface area contributed by atoms with Crippen molar-refractivity contribution < 1.29 is 0 Å². The van der Waals surface area contributed by atoms with E-state index in [1.54, 1.807) is 12.5 Å². The molecule has 0 unspecified atom stereocenters. The summed E-state index contributed by atoms with van der Waals surface area (Å²) in [5.41, 5.74) is 3.86. The molecule has 0 atom stereocenters. The molecule has 1 aliphatic rings. The predicted molar refractivity (Wildman–Crippen MR) is 96.0 cm³/mol. The zero-order chi connectivity index (χ0) is 16.8. The number of fused-ring (bicyclic) bond motifs is 2. The summed E-state index contributed by atoms with van der Waals surface area (Å²) in [4.78, 5) is 21.2. The molecule has 25 heavy (non-hydrogen) atoms. The van der Waals surface area contributed by atoms with Crippen LogP contribution in [0.4, 0.5) is 11.6 Å². The van der Waals surface area contributed by atoms with E-state index in [0.717, 1.165) is 60.2 Å². The molecule has 0 aliphatic carbocycles. The molecule has 4 aromatic heterocycles. The van der Waals surface area contributed by atoms with Gasteiger partial charge in [0.05, 0.1) is 11.7 Å². The van der Waals surface area contributed by atoms with Crippen LogP contribution in [-0.4, -0.2) is 55.7 Å². The summed E-state index contributed by atoms with van der Waals surface area (Å²) in [6.07, 6.45) is 5.34. The topological polar surface area (TPSA) is 78.2 Å². The fourth-order valence-electron chi connectivity index (χ4n) is 3.49. The molecule has 0 amide bonds. The molecule has 0 saturated carbocycles. The molecule has 0 bridgehead atoms. The lowest BCUT2D eigenvalue weighted by atomic mass is 10.2. The highest BCUT2D eigenvalue weighted by molar-refractivity contribution is 5.86. The molecule has 1 saturated heterocycles. The van der Waals surface area contributed by atoms with Gasteiger partial charge in [0, 0.05) is 50.2 Å². The first kappa shape index (κ1) is 14.2. The first-order valence-corrected chi connectivity index (χ1v) is 8.39. The molecule has 5 heterocycles. The average Bonchev–Trinajstić information content (AvgIpc) is 3.29. The van der Waals surface area contributed by atoms with Crippen LogP contribution in [0.15, 0.2) is 36.9 Å². The standard InChI is InChI=1S/C17H18N8/c1-12-10-15(25-14(22-12)3-5-21-25)23-6-8-24(9-7-23)17-16-13(2-4-18-16)19-11-20-17/h2-5,10-11,18H,6-9H2,1H3. The first-order valence-electron chi connectivity index (χ1n) is 8.39. The van der Waals surface area contributed by atoms with Crippen LogP contribution in [0, 0.1) is 6.92 Å². The van der Waals surface area contributed by atoms with E-state index >= 15 is 0 Å². The number of hydrogen-bond donors (Lipinski definition) is 1. The minimum atomic E-state index is 0.890. The van der Waals surface area contributed by atoms with Crippen molar-refractivity contribution in [3.8, 4) is 0 Å². The van der Waals surface area contributed by atoms with E-state index in [1.165, 1.54) is 0 Å². The first-order chi connectivity index (χ1) is 12.3. The molecule has 0 aromatic carbocycles.